The summed E-state index contributed by atoms with van der Waals surface area (Å²) in [6.07, 6.45) is 5.84. The van der Waals surface area contributed by atoms with Crippen molar-refractivity contribution in [2.24, 2.45) is 11.8 Å². The van der Waals surface area contributed by atoms with Gasteiger partial charge in [0, 0.05) is 41.7 Å². The van der Waals surface area contributed by atoms with Gasteiger partial charge in [-0.15, -0.1) is 11.8 Å². The van der Waals surface area contributed by atoms with Crippen molar-refractivity contribution < 1.29 is 8.78 Å². The highest BCUT2D eigenvalue weighted by Gasteiger charge is 2.37. The SMILES string of the molecule is CC1=C(SCC2CCN(c3ncn[nH]3)CC2)N(c2ccc(F)c(F)c2)C(C(C)(C)c2ccc(Cl)c(Cl)c2)=CC1C. The number of nitrogens with one attached hydrogen (secondary N) is 1. The van der Waals surface area contributed by atoms with E-state index in [-0.39, 0.29) is 5.92 Å². The quantitative estimate of drug-likeness (QED) is 0.293. The molecule has 1 N–H and O–H groups in total. The highest BCUT2D eigenvalue weighted by atomic mass is 35.5. The smallest absolute Gasteiger partial charge is 0.221 e. The lowest BCUT2D eigenvalue weighted by Gasteiger charge is -2.43. The van der Waals surface area contributed by atoms with Crippen molar-refractivity contribution in [1.29, 1.82) is 0 Å². The van der Waals surface area contributed by atoms with E-state index >= 15 is 0 Å². The normalized spacial score (nSPS) is 18.9. The topological polar surface area (TPSA) is 48.1 Å². The molecule has 2 aromatic carbocycles. The summed E-state index contributed by atoms with van der Waals surface area (Å²) in [4.78, 5) is 8.62. The molecule has 0 saturated carbocycles. The van der Waals surface area contributed by atoms with Gasteiger partial charge in [0.25, 0.3) is 0 Å². The van der Waals surface area contributed by atoms with Gasteiger partial charge in [-0.2, -0.15) is 10.1 Å². The van der Waals surface area contributed by atoms with Crippen LogP contribution in [0, 0.1) is 23.5 Å². The second kappa shape index (κ2) is 11.7. The summed E-state index contributed by atoms with van der Waals surface area (Å²) in [5.41, 5.74) is 3.24. The second-order valence-corrected chi connectivity index (χ2v) is 12.9. The van der Waals surface area contributed by atoms with E-state index in [1.54, 1.807) is 23.9 Å². The first-order valence-corrected chi connectivity index (χ1v) is 15.2. The van der Waals surface area contributed by atoms with Gasteiger partial charge in [0.2, 0.25) is 5.95 Å². The number of aromatic amines is 1. The van der Waals surface area contributed by atoms with Gasteiger partial charge in [0.05, 0.1) is 15.1 Å². The number of piperidine rings is 1. The van der Waals surface area contributed by atoms with E-state index in [1.165, 1.54) is 24.0 Å². The largest absolute Gasteiger partial charge is 0.341 e. The molecule has 0 aliphatic carbocycles. The highest BCUT2D eigenvalue weighted by molar-refractivity contribution is 8.03. The fourth-order valence-corrected chi connectivity index (χ4v) is 7.13. The molecule has 1 aromatic heterocycles. The lowest BCUT2D eigenvalue weighted by molar-refractivity contribution is 0.441. The van der Waals surface area contributed by atoms with Crippen molar-refractivity contribution >= 4 is 46.6 Å². The second-order valence-electron chi connectivity index (χ2n) is 11.1. The van der Waals surface area contributed by atoms with Crippen LogP contribution in [0.2, 0.25) is 10.0 Å². The number of hydrogen-bond acceptors (Lipinski definition) is 5. The van der Waals surface area contributed by atoms with Gasteiger partial charge in [0.15, 0.2) is 11.6 Å². The third-order valence-electron chi connectivity index (χ3n) is 8.09. The van der Waals surface area contributed by atoms with Crippen LogP contribution in [-0.2, 0) is 5.41 Å². The van der Waals surface area contributed by atoms with E-state index < -0.39 is 17.0 Å². The Hall–Kier alpha value is -2.55. The fraction of sp³-hybridized carbons (Fsp3) is 0.400. The van der Waals surface area contributed by atoms with Gasteiger partial charge < -0.3 is 9.80 Å². The van der Waals surface area contributed by atoms with E-state index in [2.05, 4.69) is 58.8 Å². The van der Waals surface area contributed by atoms with Gasteiger partial charge >= 0.3 is 0 Å². The third-order valence-corrected chi connectivity index (χ3v) is 10.2. The Bertz CT molecular complexity index is 1430. The summed E-state index contributed by atoms with van der Waals surface area (Å²) in [6, 6.07) is 9.80. The molecule has 1 atom stereocenters. The Morgan fingerprint density at radius 2 is 1.80 bits per heavy atom. The first-order valence-electron chi connectivity index (χ1n) is 13.4. The molecule has 1 unspecified atom stereocenters. The average molecular weight is 605 g/mol. The molecule has 2 aliphatic rings. The number of allylic oxidation sites excluding steroid dienone is 3. The van der Waals surface area contributed by atoms with Crippen LogP contribution in [0.25, 0.3) is 0 Å². The molecule has 3 heterocycles. The van der Waals surface area contributed by atoms with Crippen LogP contribution in [-0.4, -0.2) is 34.0 Å². The minimum Gasteiger partial charge on any atom is -0.341 e. The number of anilines is 2. The van der Waals surface area contributed by atoms with Crippen molar-refractivity contribution in [3.05, 3.63) is 92.3 Å². The summed E-state index contributed by atoms with van der Waals surface area (Å²) < 4.78 is 28.7. The summed E-state index contributed by atoms with van der Waals surface area (Å²) >= 11 is 14.5. The predicted molar refractivity (Wildman–Crippen MR) is 162 cm³/mol. The van der Waals surface area contributed by atoms with Crippen molar-refractivity contribution in [3.63, 3.8) is 0 Å². The maximum atomic E-state index is 14.6. The number of rotatable bonds is 7. The van der Waals surface area contributed by atoms with Gasteiger partial charge in [0.1, 0.15) is 6.33 Å². The molecule has 1 fully saturated rings. The minimum absolute atomic E-state index is 0.161. The summed E-state index contributed by atoms with van der Waals surface area (Å²) in [5.74, 6) is 0.680. The molecule has 40 heavy (non-hydrogen) atoms. The first kappa shape index (κ1) is 29.0. The molecule has 2 aliphatic heterocycles. The van der Waals surface area contributed by atoms with E-state index in [9.17, 15) is 8.78 Å². The van der Waals surface area contributed by atoms with E-state index in [4.69, 9.17) is 23.2 Å². The average Bonchev–Trinajstić information content (AvgIpc) is 3.48. The maximum Gasteiger partial charge on any atom is 0.221 e. The first-order chi connectivity index (χ1) is 19.1. The monoisotopic (exact) mass is 603 g/mol. The predicted octanol–water partition coefficient (Wildman–Crippen LogP) is 8.59. The maximum absolute atomic E-state index is 14.6. The number of H-pyrrole nitrogens is 1. The molecule has 0 bridgehead atoms. The number of hydrogen-bond donors (Lipinski definition) is 1. The van der Waals surface area contributed by atoms with E-state index in [1.807, 2.05) is 12.1 Å². The zero-order valence-electron chi connectivity index (χ0n) is 23.0. The molecular weight excluding hydrogens is 571 g/mol. The highest BCUT2D eigenvalue weighted by Crippen LogP contribution is 2.47. The van der Waals surface area contributed by atoms with Crippen LogP contribution < -0.4 is 9.80 Å². The van der Waals surface area contributed by atoms with Crippen LogP contribution in [0.5, 0.6) is 0 Å². The Labute approximate surface area is 248 Å². The number of nitrogens with zero attached hydrogens (tertiary/aromatic N) is 4. The minimum atomic E-state index is -0.871. The molecule has 1 saturated heterocycles. The zero-order chi connectivity index (χ0) is 28.6. The lowest BCUT2D eigenvalue weighted by Crippen LogP contribution is -2.38. The molecule has 212 valence electrons. The Balaban J connectivity index is 1.46. The van der Waals surface area contributed by atoms with Crippen LogP contribution in [0.1, 0.15) is 46.1 Å². The Kier molecular flexibility index (Phi) is 8.50. The van der Waals surface area contributed by atoms with Gasteiger partial charge in [-0.1, -0.05) is 56.1 Å². The summed E-state index contributed by atoms with van der Waals surface area (Å²) in [5, 5.41) is 8.96. The number of thioether (sulfide) groups is 1. The van der Waals surface area contributed by atoms with Crippen LogP contribution >= 0.6 is 35.0 Å². The Morgan fingerprint density at radius 3 is 2.45 bits per heavy atom. The molecule has 0 spiro atoms. The fourth-order valence-electron chi connectivity index (χ4n) is 5.36. The van der Waals surface area contributed by atoms with Crippen LogP contribution in [0.3, 0.4) is 0 Å². The van der Waals surface area contributed by atoms with Gasteiger partial charge in [-0.3, -0.25) is 0 Å². The Morgan fingerprint density at radius 1 is 1.05 bits per heavy atom. The number of halogens is 4. The third kappa shape index (κ3) is 5.76. The molecule has 10 heteroatoms. The molecule has 3 aromatic rings. The molecule has 0 amide bonds. The standard InChI is InChI=1S/C30H33Cl2F2N5S/c1-18-13-27(30(3,4)21-5-7-23(31)24(32)14-21)39(22-6-8-25(33)26(34)15-22)28(19(18)2)40-16-20-9-11-38(12-10-20)29-35-17-36-37-29/h5-8,13-15,17-18,20H,9-12,16H2,1-4H3,(H,35,36,37). The summed E-state index contributed by atoms with van der Waals surface area (Å²) in [6.45, 7) is 10.4. The molecule has 5 nitrogen and oxygen atoms in total. The molecular formula is C30H33Cl2F2N5S. The van der Waals surface area contributed by atoms with Crippen molar-refractivity contribution in [1.82, 2.24) is 15.2 Å². The van der Waals surface area contributed by atoms with Gasteiger partial charge in [-0.25, -0.2) is 13.9 Å². The summed E-state index contributed by atoms with van der Waals surface area (Å²) in [7, 11) is 0. The number of aromatic nitrogens is 3. The van der Waals surface area contributed by atoms with Crippen molar-refractivity contribution in [2.75, 3.05) is 28.6 Å². The van der Waals surface area contributed by atoms with Gasteiger partial charge in [-0.05, 0) is 67.0 Å². The van der Waals surface area contributed by atoms with E-state index in [0.29, 0.717) is 21.7 Å². The molecule has 0 radical (unpaired) electrons. The van der Waals surface area contributed by atoms with Crippen molar-refractivity contribution in [3.8, 4) is 0 Å². The lowest BCUT2D eigenvalue weighted by atomic mass is 9.78. The van der Waals surface area contributed by atoms with Crippen LogP contribution in [0.4, 0.5) is 20.4 Å². The number of benzene rings is 2. The van der Waals surface area contributed by atoms with Crippen LogP contribution in [0.15, 0.2) is 65.1 Å². The zero-order valence-corrected chi connectivity index (χ0v) is 25.3. The van der Waals surface area contributed by atoms with Crippen molar-refractivity contribution in [2.45, 2.75) is 46.0 Å². The molecule has 5 rings (SSSR count). The van der Waals surface area contributed by atoms with E-state index in [0.717, 1.165) is 53.9 Å².